The van der Waals surface area contributed by atoms with Crippen molar-refractivity contribution < 1.29 is 0 Å². The zero-order valence-electron chi connectivity index (χ0n) is 9.43. The van der Waals surface area contributed by atoms with E-state index in [9.17, 15) is 0 Å². The lowest BCUT2D eigenvalue weighted by molar-refractivity contribution is 0.614. The van der Waals surface area contributed by atoms with Crippen molar-refractivity contribution in [3.8, 4) is 0 Å². The average molecular weight is 206 g/mol. The number of hydrogen-bond acceptors (Lipinski definition) is 4. The highest BCUT2D eigenvalue weighted by atomic mass is 15.1. The molecule has 1 aromatic rings. The fourth-order valence-corrected chi connectivity index (χ4v) is 1.99. The normalized spacial score (nSPS) is 14.8. The number of fused-ring (bicyclic) bond motifs is 1. The summed E-state index contributed by atoms with van der Waals surface area (Å²) in [5.74, 6) is 0.751. The molecule has 2 rings (SSSR count). The van der Waals surface area contributed by atoms with Crippen molar-refractivity contribution in [2.75, 3.05) is 18.9 Å². The van der Waals surface area contributed by atoms with Crippen LogP contribution in [0.4, 0.5) is 5.95 Å². The van der Waals surface area contributed by atoms with Gasteiger partial charge in [-0.25, -0.2) is 9.97 Å². The number of aromatic nitrogens is 2. The van der Waals surface area contributed by atoms with Gasteiger partial charge in [-0.2, -0.15) is 0 Å². The summed E-state index contributed by atoms with van der Waals surface area (Å²) in [6.07, 6.45) is 3.26. The summed E-state index contributed by atoms with van der Waals surface area (Å²) in [7, 11) is 1.87. The minimum absolute atomic E-state index is 0.751. The van der Waals surface area contributed by atoms with E-state index in [4.69, 9.17) is 0 Å². The summed E-state index contributed by atoms with van der Waals surface area (Å²) in [5.41, 5.74) is 3.77. The minimum atomic E-state index is 0.751. The van der Waals surface area contributed by atoms with Gasteiger partial charge in [-0.05, 0) is 24.9 Å². The molecule has 0 atom stereocenters. The molecule has 15 heavy (non-hydrogen) atoms. The van der Waals surface area contributed by atoms with Gasteiger partial charge in [-0.15, -0.1) is 0 Å². The van der Waals surface area contributed by atoms with Crippen molar-refractivity contribution in [1.29, 1.82) is 0 Å². The quantitative estimate of drug-likeness (QED) is 0.778. The molecule has 0 unspecified atom stereocenters. The Bertz CT molecular complexity index is 349. The smallest absolute Gasteiger partial charge is 0.222 e. The fraction of sp³-hybridized carbons (Fsp3) is 0.636. The molecule has 0 spiro atoms. The van der Waals surface area contributed by atoms with E-state index in [0.717, 1.165) is 38.3 Å². The van der Waals surface area contributed by atoms with E-state index in [0.29, 0.717) is 0 Å². The van der Waals surface area contributed by atoms with Crippen LogP contribution >= 0.6 is 0 Å². The Morgan fingerprint density at radius 2 is 2.27 bits per heavy atom. The van der Waals surface area contributed by atoms with Crippen LogP contribution in [-0.2, 0) is 19.4 Å². The van der Waals surface area contributed by atoms with Crippen molar-refractivity contribution in [3.05, 3.63) is 17.0 Å². The second kappa shape index (κ2) is 4.57. The van der Waals surface area contributed by atoms with E-state index in [2.05, 4.69) is 27.5 Å². The molecule has 0 aromatic carbocycles. The van der Waals surface area contributed by atoms with Gasteiger partial charge >= 0.3 is 0 Å². The molecule has 82 valence electrons. The van der Waals surface area contributed by atoms with Crippen LogP contribution in [0.3, 0.4) is 0 Å². The summed E-state index contributed by atoms with van der Waals surface area (Å²) < 4.78 is 0. The van der Waals surface area contributed by atoms with Crippen LogP contribution in [0.15, 0.2) is 0 Å². The summed E-state index contributed by atoms with van der Waals surface area (Å²) in [6, 6.07) is 0. The number of rotatable bonds is 3. The number of hydrogen-bond donors (Lipinski definition) is 2. The number of nitrogens with one attached hydrogen (secondary N) is 2. The maximum absolute atomic E-state index is 4.54. The van der Waals surface area contributed by atoms with Crippen LogP contribution in [0.5, 0.6) is 0 Å². The first-order chi connectivity index (χ1) is 7.35. The van der Waals surface area contributed by atoms with Gasteiger partial charge in [0.25, 0.3) is 0 Å². The van der Waals surface area contributed by atoms with Crippen LogP contribution < -0.4 is 10.6 Å². The maximum Gasteiger partial charge on any atom is 0.222 e. The molecule has 0 fully saturated rings. The Hall–Kier alpha value is -1.16. The zero-order chi connectivity index (χ0) is 10.7. The van der Waals surface area contributed by atoms with Crippen molar-refractivity contribution >= 4 is 5.95 Å². The van der Waals surface area contributed by atoms with Gasteiger partial charge in [0.15, 0.2) is 0 Å². The maximum atomic E-state index is 4.54. The third-order valence-electron chi connectivity index (χ3n) is 2.73. The van der Waals surface area contributed by atoms with E-state index < -0.39 is 0 Å². The molecule has 0 amide bonds. The van der Waals surface area contributed by atoms with Crippen LogP contribution in [0, 0.1) is 0 Å². The molecule has 0 saturated carbocycles. The third kappa shape index (κ3) is 2.09. The van der Waals surface area contributed by atoms with E-state index >= 15 is 0 Å². The standard InChI is InChI=1S/C11H18N4/c1-3-4-9-8-5-6-13-7-10(8)15-11(12-2)14-9/h13H,3-7H2,1-2H3,(H,12,14,15). The van der Waals surface area contributed by atoms with E-state index in [1.54, 1.807) is 0 Å². The van der Waals surface area contributed by atoms with Gasteiger partial charge in [0.1, 0.15) is 0 Å². The summed E-state index contributed by atoms with van der Waals surface area (Å²) in [6.45, 7) is 4.11. The van der Waals surface area contributed by atoms with E-state index in [-0.39, 0.29) is 0 Å². The highest BCUT2D eigenvalue weighted by Crippen LogP contribution is 2.18. The van der Waals surface area contributed by atoms with Crippen LogP contribution in [0.1, 0.15) is 30.3 Å². The van der Waals surface area contributed by atoms with Gasteiger partial charge in [-0.3, -0.25) is 0 Å². The lowest BCUT2D eigenvalue weighted by atomic mass is 10.0. The Balaban J connectivity index is 2.41. The largest absolute Gasteiger partial charge is 0.357 e. The van der Waals surface area contributed by atoms with E-state index in [1.807, 2.05) is 7.05 Å². The third-order valence-corrected chi connectivity index (χ3v) is 2.73. The van der Waals surface area contributed by atoms with Gasteiger partial charge in [0.2, 0.25) is 5.95 Å². The second-order valence-corrected chi connectivity index (χ2v) is 3.85. The fourth-order valence-electron chi connectivity index (χ4n) is 1.99. The molecule has 0 saturated heterocycles. The van der Waals surface area contributed by atoms with Gasteiger partial charge in [-0.1, -0.05) is 13.3 Å². The molecular weight excluding hydrogens is 188 g/mol. The molecule has 0 bridgehead atoms. The topological polar surface area (TPSA) is 49.8 Å². The second-order valence-electron chi connectivity index (χ2n) is 3.85. The predicted octanol–water partition coefficient (Wildman–Crippen LogP) is 1.12. The summed E-state index contributed by atoms with van der Waals surface area (Å²) in [5, 5.41) is 6.37. The minimum Gasteiger partial charge on any atom is -0.357 e. The number of nitrogens with zero attached hydrogens (tertiary/aromatic N) is 2. The first kappa shape index (κ1) is 10.4. The van der Waals surface area contributed by atoms with Crippen LogP contribution in [0.2, 0.25) is 0 Å². The highest BCUT2D eigenvalue weighted by molar-refractivity contribution is 5.35. The molecule has 1 aromatic heterocycles. The molecular formula is C11H18N4. The van der Waals surface area contributed by atoms with Crippen molar-refractivity contribution in [2.24, 2.45) is 0 Å². The molecule has 0 radical (unpaired) electrons. The van der Waals surface area contributed by atoms with Crippen LogP contribution in [0.25, 0.3) is 0 Å². The Kier molecular flexibility index (Phi) is 3.16. The molecule has 2 N–H and O–H groups in total. The SMILES string of the molecule is CCCc1nc(NC)nc2c1CCNC2. The lowest BCUT2D eigenvalue weighted by Gasteiger charge is -2.19. The molecule has 4 nitrogen and oxygen atoms in total. The molecule has 0 aliphatic carbocycles. The molecule has 1 aliphatic heterocycles. The Morgan fingerprint density at radius 1 is 1.40 bits per heavy atom. The van der Waals surface area contributed by atoms with Crippen molar-refractivity contribution in [1.82, 2.24) is 15.3 Å². The molecule has 1 aliphatic rings. The Morgan fingerprint density at radius 3 is 3.00 bits per heavy atom. The summed E-state index contributed by atoms with van der Waals surface area (Å²) in [4.78, 5) is 9.03. The van der Waals surface area contributed by atoms with Crippen LogP contribution in [-0.4, -0.2) is 23.6 Å². The van der Waals surface area contributed by atoms with Gasteiger partial charge in [0, 0.05) is 19.3 Å². The molecule has 2 heterocycles. The lowest BCUT2D eigenvalue weighted by Crippen LogP contribution is -2.27. The number of aryl methyl sites for hydroxylation is 1. The zero-order valence-corrected chi connectivity index (χ0v) is 9.43. The highest BCUT2D eigenvalue weighted by Gasteiger charge is 2.16. The predicted molar refractivity (Wildman–Crippen MR) is 61.0 cm³/mol. The van der Waals surface area contributed by atoms with E-state index in [1.165, 1.54) is 17.0 Å². The van der Waals surface area contributed by atoms with Gasteiger partial charge in [0.05, 0.1) is 5.69 Å². The number of anilines is 1. The monoisotopic (exact) mass is 206 g/mol. The Labute approximate surface area is 90.5 Å². The average Bonchev–Trinajstić information content (AvgIpc) is 2.29. The first-order valence-electron chi connectivity index (χ1n) is 5.62. The van der Waals surface area contributed by atoms with Crippen molar-refractivity contribution in [2.45, 2.75) is 32.7 Å². The van der Waals surface area contributed by atoms with Crippen molar-refractivity contribution in [3.63, 3.8) is 0 Å². The first-order valence-corrected chi connectivity index (χ1v) is 5.62. The molecule has 4 heteroatoms. The van der Waals surface area contributed by atoms with Gasteiger partial charge < -0.3 is 10.6 Å². The summed E-state index contributed by atoms with van der Waals surface area (Å²) >= 11 is 0.